The van der Waals surface area contributed by atoms with Crippen molar-refractivity contribution in [1.29, 1.82) is 0 Å². The number of hydrogen-bond donors (Lipinski definition) is 2. The number of benzene rings is 1. The lowest BCUT2D eigenvalue weighted by atomic mass is 10.1. The number of hydrogen-bond acceptors (Lipinski definition) is 4. The van der Waals surface area contributed by atoms with Gasteiger partial charge < -0.3 is 5.32 Å². The first-order chi connectivity index (χ1) is 9.95. The van der Waals surface area contributed by atoms with Crippen LogP contribution in [0, 0.1) is 0 Å². The molecule has 4 nitrogen and oxygen atoms in total. The number of thioether (sulfide) groups is 1. The van der Waals surface area contributed by atoms with Crippen LogP contribution in [0.15, 0.2) is 29.2 Å². The lowest BCUT2D eigenvalue weighted by Crippen LogP contribution is -2.36. The molecule has 0 saturated carbocycles. The maximum atomic E-state index is 12.3. The Bertz CT molecular complexity index is 550. The van der Waals surface area contributed by atoms with Gasteiger partial charge in [-0.3, -0.25) is 0 Å². The van der Waals surface area contributed by atoms with Gasteiger partial charge >= 0.3 is 0 Å². The van der Waals surface area contributed by atoms with Crippen molar-refractivity contribution in [1.82, 2.24) is 10.0 Å². The van der Waals surface area contributed by atoms with Crippen LogP contribution in [0.25, 0.3) is 0 Å². The molecule has 1 aliphatic rings. The topological polar surface area (TPSA) is 58.2 Å². The molecular formula is C15H24N2O2S2. The fourth-order valence-corrected chi connectivity index (χ4v) is 4.92. The maximum absolute atomic E-state index is 12.3. The Morgan fingerprint density at radius 3 is 2.57 bits per heavy atom. The third kappa shape index (κ3) is 4.71. The monoisotopic (exact) mass is 328 g/mol. The molecule has 21 heavy (non-hydrogen) atoms. The standard InChI is InChI=1S/C15H24N2O2S2/c1-15(9-3-11-20-15)12-17-21(18,19)14-6-4-13(5-7-14)8-10-16-2/h4-7,16-17H,3,8-12H2,1-2H3. The Labute approximate surface area is 132 Å². The van der Waals surface area contributed by atoms with Crippen LogP contribution in [0.3, 0.4) is 0 Å². The summed E-state index contributed by atoms with van der Waals surface area (Å²) >= 11 is 1.86. The van der Waals surface area contributed by atoms with Crippen molar-refractivity contribution >= 4 is 21.8 Å². The minimum absolute atomic E-state index is 0.0415. The highest BCUT2D eigenvalue weighted by Crippen LogP contribution is 2.37. The number of nitrogens with one attached hydrogen (secondary N) is 2. The van der Waals surface area contributed by atoms with Gasteiger partial charge in [0.2, 0.25) is 10.0 Å². The van der Waals surface area contributed by atoms with Crippen molar-refractivity contribution < 1.29 is 8.42 Å². The lowest BCUT2D eigenvalue weighted by molar-refractivity contribution is 0.552. The summed E-state index contributed by atoms with van der Waals surface area (Å²) < 4.78 is 27.4. The minimum atomic E-state index is -3.40. The van der Waals surface area contributed by atoms with E-state index in [4.69, 9.17) is 0 Å². The van der Waals surface area contributed by atoms with E-state index < -0.39 is 10.0 Å². The lowest BCUT2D eigenvalue weighted by Gasteiger charge is -2.22. The van der Waals surface area contributed by atoms with Crippen LogP contribution in [-0.4, -0.2) is 39.1 Å². The first kappa shape index (κ1) is 16.8. The van der Waals surface area contributed by atoms with Crippen molar-refractivity contribution in [3.63, 3.8) is 0 Å². The summed E-state index contributed by atoms with van der Waals surface area (Å²) in [6.45, 7) is 3.52. The first-order valence-corrected chi connectivity index (χ1v) is 9.79. The average molecular weight is 329 g/mol. The van der Waals surface area contributed by atoms with E-state index >= 15 is 0 Å². The average Bonchev–Trinajstić information content (AvgIpc) is 2.91. The summed E-state index contributed by atoms with van der Waals surface area (Å²) in [5.41, 5.74) is 1.14. The van der Waals surface area contributed by atoms with Gasteiger partial charge in [0.05, 0.1) is 4.90 Å². The van der Waals surface area contributed by atoms with Crippen LogP contribution < -0.4 is 10.0 Å². The van der Waals surface area contributed by atoms with Gasteiger partial charge in [-0.1, -0.05) is 12.1 Å². The van der Waals surface area contributed by atoms with E-state index in [0.29, 0.717) is 11.4 Å². The summed E-state index contributed by atoms with van der Waals surface area (Å²) in [7, 11) is -1.49. The van der Waals surface area contributed by atoms with Gasteiger partial charge in [-0.05, 0) is 63.2 Å². The molecule has 1 unspecified atom stereocenters. The Morgan fingerprint density at radius 2 is 2.00 bits per heavy atom. The second kappa shape index (κ2) is 7.13. The predicted molar refractivity (Wildman–Crippen MR) is 89.4 cm³/mol. The number of likely N-dealkylation sites (N-methyl/N-ethyl adjacent to an activating group) is 1. The van der Waals surface area contributed by atoms with Gasteiger partial charge in [0.25, 0.3) is 0 Å². The summed E-state index contributed by atoms with van der Waals surface area (Å²) in [6, 6.07) is 7.16. The van der Waals surface area contributed by atoms with Gasteiger partial charge in [-0.2, -0.15) is 11.8 Å². The highest BCUT2D eigenvalue weighted by Gasteiger charge is 2.31. The van der Waals surface area contributed by atoms with Crippen LogP contribution in [0.4, 0.5) is 0 Å². The van der Waals surface area contributed by atoms with Gasteiger partial charge in [-0.15, -0.1) is 0 Å². The number of sulfonamides is 1. The molecule has 1 heterocycles. The second-order valence-electron chi connectivity index (χ2n) is 5.72. The Morgan fingerprint density at radius 1 is 1.29 bits per heavy atom. The molecule has 6 heteroatoms. The minimum Gasteiger partial charge on any atom is -0.319 e. The molecule has 1 fully saturated rings. The van der Waals surface area contributed by atoms with Crippen molar-refractivity contribution in [2.75, 3.05) is 25.9 Å². The second-order valence-corrected chi connectivity index (χ2v) is 9.17. The van der Waals surface area contributed by atoms with Crippen LogP contribution >= 0.6 is 11.8 Å². The molecule has 1 aliphatic heterocycles. The Hall–Kier alpha value is -0.560. The molecule has 0 spiro atoms. The summed E-state index contributed by atoms with van der Waals surface area (Å²) in [5, 5.41) is 3.08. The molecule has 0 bridgehead atoms. The maximum Gasteiger partial charge on any atom is 0.240 e. The fraction of sp³-hybridized carbons (Fsp3) is 0.600. The molecule has 2 N–H and O–H groups in total. The van der Waals surface area contributed by atoms with Crippen molar-refractivity contribution in [3.05, 3.63) is 29.8 Å². The van der Waals surface area contributed by atoms with E-state index in [1.54, 1.807) is 12.1 Å². The Balaban J connectivity index is 1.98. The molecule has 0 aromatic heterocycles. The smallest absolute Gasteiger partial charge is 0.240 e. The molecule has 0 radical (unpaired) electrons. The first-order valence-electron chi connectivity index (χ1n) is 7.32. The summed E-state index contributed by atoms with van der Waals surface area (Å²) in [4.78, 5) is 0.349. The van der Waals surface area contributed by atoms with Crippen LogP contribution in [-0.2, 0) is 16.4 Å². The quantitative estimate of drug-likeness (QED) is 0.804. The molecule has 2 rings (SSSR count). The van der Waals surface area contributed by atoms with E-state index in [1.165, 1.54) is 6.42 Å². The van der Waals surface area contributed by atoms with Crippen molar-refractivity contribution in [3.8, 4) is 0 Å². The Kier molecular flexibility index (Phi) is 5.71. The zero-order chi connectivity index (χ0) is 15.3. The molecule has 1 aromatic rings. The molecule has 1 saturated heterocycles. The van der Waals surface area contributed by atoms with Gasteiger partial charge in [0.1, 0.15) is 0 Å². The molecule has 0 aliphatic carbocycles. The van der Waals surface area contributed by atoms with Crippen LogP contribution in [0.1, 0.15) is 25.3 Å². The molecular weight excluding hydrogens is 304 g/mol. The molecule has 118 valence electrons. The zero-order valence-electron chi connectivity index (χ0n) is 12.7. The van der Waals surface area contributed by atoms with E-state index in [2.05, 4.69) is 17.0 Å². The van der Waals surface area contributed by atoms with Crippen molar-refractivity contribution in [2.24, 2.45) is 0 Å². The third-order valence-electron chi connectivity index (χ3n) is 3.83. The van der Waals surface area contributed by atoms with Gasteiger partial charge in [0.15, 0.2) is 0 Å². The SMILES string of the molecule is CNCCc1ccc(S(=O)(=O)NCC2(C)CCCS2)cc1. The van der Waals surface area contributed by atoms with E-state index in [0.717, 1.165) is 30.7 Å². The highest BCUT2D eigenvalue weighted by atomic mass is 32.2. The van der Waals surface area contributed by atoms with E-state index in [-0.39, 0.29) is 4.75 Å². The van der Waals surface area contributed by atoms with Crippen LogP contribution in [0.5, 0.6) is 0 Å². The largest absolute Gasteiger partial charge is 0.319 e. The zero-order valence-corrected chi connectivity index (χ0v) is 14.3. The van der Waals surface area contributed by atoms with Gasteiger partial charge in [0, 0.05) is 11.3 Å². The van der Waals surface area contributed by atoms with E-state index in [9.17, 15) is 8.42 Å². The molecule has 1 atom stereocenters. The fourth-order valence-electron chi connectivity index (χ4n) is 2.41. The third-order valence-corrected chi connectivity index (χ3v) is 6.79. The molecule has 0 amide bonds. The predicted octanol–water partition coefficient (Wildman–Crippen LogP) is 2.01. The van der Waals surface area contributed by atoms with E-state index in [1.807, 2.05) is 30.9 Å². The van der Waals surface area contributed by atoms with Crippen molar-refractivity contribution in [2.45, 2.75) is 35.8 Å². The van der Waals surface area contributed by atoms with Crippen LogP contribution in [0.2, 0.25) is 0 Å². The summed E-state index contributed by atoms with van der Waals surface area (Å²) in [6.07, 6.45) is 3.14. The normalized spacial score (nSPS) is 22.6. The number of rotatable bonds is 7. The van der Waals surface area contributed by atoms with Gasteiger partial charge in [-0.25, -0.2) is 13.1 Å². The highest BCUT2D eigenvalue weighted by molar-refractivity contribution is 8.01. The molecule has 1 aromatic carbocycles. The summed E-state index contributed by atoms with van der Waals surface area (Å²) in [5.74, 6) is 1.12.